The van der Waals surface area contributed by atoms with Crippen LogP contribution in [0.5, 0.6) is 0 Å². The summed E-state index contributed by atoms with van der Waals surface area (Å²) in [6.07, 6.45) is 1.42. The quantitative estimate of drug-likeness (QED) is 0.741. The van der Waals surface area contributed by atoms with Gasteiger partial charge in [-0.15, -0.1) is 0 Å². The SMILES string of the molecule is O=C1c2ccccc2CC[C@]12O[C@H]2c1ccccc1Cl. The third kappa shape index (κ3) is 1.58. The Kier molecular flexibility index (Phi) is 2.53. The highest BCUT2D eigenvalue weighted by atomic mass is 35.5. The fraction of sp³-hybridized carbons (Fsp3) is 0.235. The van der Waals surface area contributed by atoms with Gasteiger partial charge in [0, 0.05) is 16.1 Å². The number of benzene rings is 2. The first-order valence-electron chi connectivity index (χ1n) is 6.77. The van der Waals surface area contributed by atoms with Crippen LogP contribution in [-0.4, -0.2) is 11.4 Å². The van der Waals surface area contributed by atoms with E-state index in [2.05, 4.69) is 0 Å². The molecule has 2 aromatic rings. The number of rotatable bonds is 1. The molecule has 0 N–H and O–H groups in total. The van der Waals surface area contributed by atoms with Gasteiger partial charge >= 0.3 is 0 Å². The van der Waals surface area contributed by atoms with Crippen LogP contribution in [0.1, 0.15) is 34.0 Å². The Hall–Kier alpha value is -1.64. The van der Waals surface area contributed by atoms with E-state index >= 15 is 0 Å². The standard InChI is InChI=1S/C17H13ClO2/c18-14-8-4-3-7-13(14)16-17(20-16)10-9-11-5-1-2-6-12(11)15(17)19/h1-8,16H,9-10H2/t16-,17-/m0/s1. The van der Waals surface area contributed by atoms with Crippen LogP contribution in [0.25, 0.3) is 0 Å². The maximum atomic E-state index is 12.7. The van der Waals surface area contributed by atoms with Gasteiger partial charge in [0.2, 0.25) is 0 Å². The fourth-order valence-electron chi connectivity index (χ4n) is 3.16. The molecular formula is C17H13ClO2. The van der Waals surface area contributed by atoms with Gasteiger partial charge in [-0.3, -0.25) is 4.79 Å². The van der Waals surface area contributed by atoms with Gasteiger partial charge in [0.1, 0.15) is 6.10 Å². The van der Waals surface area contributed by atoms with Crippen LogP contribution in [0, 0.1) is 0 Å². The van der Waals surface area contributed by atoms with Crippen LogP contribution >= 0.6 is 11.6 Å². The Balaban J connectivity index is 1.73. The van der Waals surface area contributed by atoms with Crippen molar-refractivity contribution in [3.63, 3.8) is 0 Å². The third-order valence-corrected chi connectivity index (χ3v) is 4.64. The molecule has 2 atom stereocenters. The average molecular weight is 285 g/mol. The molecule has 20 heavy (non-hydrogen) atoms. The lowest BCUT2D eigenvalue weighted by Gasteiger charge is -2.21. The maximum absolute atomic E-state index is 12.7. The zero-order valence-electron chi connectivity index (χ0n) is 10.8. The van der Waals surface area contributed by atoms with Crippen LogP contribution < -0.4 is 0 Å². The molecule has 0 unspecified atom stereocenters. The number of epoxide rings is 1. The van der Waals surface area contributed by atoms with Crippen molar-refractivity contribution in [2.45, 2.75) is 24.5 Å². The van der Waals surface area contributed by atoms with E-state index in [0.717, 1.165) is 29.5 Å². The van der Waals surface area contributed by atoms with Crippen LogP contribution in [0.15, 0.2) is 48.5 Å². The third-order valence-electron chi connectivity index (χ3n) is 4.29. The van der Waals surface area contributed by atoms with Crippen molar-refractivity contribution in [1.82, 2.24) is 0 Å². The second-order valence-electron chi connectivity index (χ2n) is 5.40. The molecule has 1 fully saturated rings. The normalized spacial score (nSPS) is 27.4. The minimum Gasteiger partial charge on any atom is -0.352 e. The van der Waals surface area contributed by atoms with E-state index < -0.39 is 5.60 Å². The summed E-state index contributed by atoms with van der Waals surface area (Å²) in [6.45, 7) is 0. The van der Waals surface area contributed by atoms with Crippen molar-refractivity contribution in [2.75, 3.05) is 0 Å². The van der Waals surface area contributed by atoms with Crippen LogP contribution in [0.3, 0.4) is 0 Å². The lowest BCUT2D eigenvalue weighted by molar-refractivity contribution is 0.0850. The van der Waals surface area contributed by atoms with Gasteiger partial charge in [0.25, 0.3) is 0 Å². The average Bonchev–Trinajstić information content (AvgIpc) is 3.19. The molecule has 2 nitrogen and oxygen atoms in total. The molecule has 100 valence electrons. The zero-order chi connectivity index (χ0) is 13.7. The molecule has 3 heteroatoms. The molecule has 1 heterocycles. The summed E-state index contributed by atoms with van der Waals surface area (Å²) < 4.78 is 5.85. The predicted molar refractivity (Wildman–Crippen MR) is 77.1 cm³/mol. The maximum Gasteiger partial charge on any atom is 0.198 e. The minimum atomic E-state index is -0.681. The lowest BCUT2D eigenvalue weighted by Crippen LogP contribution is -2.31. The molecular weight excluding hydrogens is 272 g/mol. The van der Waals surface area contributed by atoms with Crippen molar-refractivity contribution in [3.05, 3.63) is 70.2 Å². The summed E-state index contributed by atoms with van der Waals surface area (Å²) in [4.78, 5) is 12.7. The number of hydrogen-bond donors (Lipinski definition) is 0. The zero-order valence-corrected chi connectivity index (χ0v) is 11.6. The number of carbonyl (C=O) groups excluding carboxylic acids is 1. The Morgan fingerprint density at radius 1 is 1.10 bits per heavy atom. The molecule has 1 spiro atoms. The van der Waals surface area contributed by atoms with Crippen molar-refractivity contribution in [1.29, 1.82) is 0 Å². The van der Waals surface area contributed by atoms with E-state index in [1.54, 1.807) is 0 Å². The molecule has 4 rings (SSSR count). The first-order chi connectivity index (χ1) is 9.72. The molecule has 0 saturated carbocycles. The number of ketones is 1. The summed E-state index contributed by atoms with van der Waals surface area (Å²) in [5, 5.41) is 0.668. The van der Waals surface area contributed by atoms with Gasteiger partial charge in [0.05, 0.1) is 0 Å². The Morgan fingerprint density at radius 2 is 1.85 bits per heavy atom. The lowest BCUT2D eigenvalue weighted by atomic mass is 9.79. The van der Waals surface area contributed by atoms with Crippen molar-refractivity contribution < 1.29 is 9.53 Å². The highest BCUT2D eigenvalue weighted by molar-refractivity contribution is 6.31. The molecule has 1 aliphatic heterocycles. The molecule has 2 aliphatic rings. The van der Waals surface area contributed by atoms with Crippen LogP contribution in [0.2, 0.25) is 5.02 Å². The molecule has 0 amide bonds. The van der Waals surface area contributed by atoms with E-state index in [-0.39, 0.29) is 11.9 Å². The van der Waals surface area contributed by atoms with Gasteiger partial charge in [0.15, 0.2) is 11.4 Å². The number of Topliss-reactive ketones (excluding diaryl/α,β-unsaturated/α-hetero) is 1. The summed E-state index contributed by atoms with van der Waals surface area (Å²) in [6, 6.07) is 15.4. The summed E-state index contributed by atoms with van der Waals surface area (Å²) in [5.41, 5.74) is 2.16. The highest BCUT2D eigenvalue weighted by Gasteiger charge is 2.64. The number of halogens is 1. The molecule has 0 aromatic heterocycles. The number of ether oxygens (including phenoxy) is 1. The smallest absolute Gasteiger partial charge is 0.198 e. The van der Waals surface area contributed by atoms with Crippen molar-refractivity contribution in [2.24, 2.45) is 0 Å². The summed E-state index contributed by atoms with van der Waals surface area (Å²) >= 11 is 6.22. The topological polar surface area (TPSA) is 29.6 Å². The molecule has 0 bridgehead atoms. The van der Waals surface area contributed by atoms with Gasteiger partial charge in [-0.2, -0.15) is 0 Å². The molecule has 0 radical (unpaired) electrons. The van der Waals surface area contributed by atoms with Gasteiger partial charge < -0.3 is 4.74 Å². The Morgan fingerprint density at radius 3 is 2.70 bits per heavy atom. The number of carbonyl (C=O) groups is 1. The van der Waals surface area contributed by atoms with Crippen molar-refractivity contribution in [3.8, 4) is 0 Å². The van der Waals surface area contributed by atoms with Crippen molar-refractivity contribution >= 4 is 17.4 Å². The molecule has 1 saturated heterocycles. The van der Waals surface area contributed by atoms with Gasteiger partial charge in [-0.1, -0.05) is 54.1 Å². The van der Waals surface area contributed by atoms with E-state index in [9.17, 15) is 4.79 Å². The van der Waals surface area contributed by atoms with E-state index in [1.165, 1.54) is 0 Å². The number of hydrogen-bond acceptors (Lipinski definition) is 2. The minimum absolute atomic E-state index is 0.101. The second-order valence-corrected chi connectivity index (χ2v) is 5.80. The van der Waals surface area contributed by atoms with Gasteiger partial charge in [-0.25, -0.2) is 0 Å². The van der Waals surface area contributed by atoms with E-state index in [0.29, 0.717) is 5.02 Å². The summed E-state index contributed by atoms with van der Waals surface area (Å²) in [5.74, 6) is 0.101. The Labute approximate surface area is 122 Å². The number of fused-ring (bicyclic) bond motifs is 1. The molecule has 1 aliphatic carbocycles. The van der Waals surface area contributed by atoms with E-state index in [4.69, 9.17) is 16.3 Å². The monoisotopic (exact) mass is 284 g/mol. The van der Waals surface area contributed by atoms with Gasteiger partial charge in [-0.05, 0) is 24.5 Å². The second kappa shape index (κ2) is 4.18. The van der Waals surface area contributed by atoms with Crippen LogP contribution in [0.4, 0.5) is 0 Å². The Bertz CT molecular complexity index is 710. The predicted octanol–water partition coefficient (Wildman–Crippen LogP) is 3.98. The first kappa shape index (κ1) is 12.1. The number of aryl methyl sites for hydroxylation is 1. The van der Waals surface area contributed by atoms with Crippen LogP contribution in [-0.2, 0) is 11.2 Å². The highest BCUT2D eigenvalue weighted by Crippen LogP contribution is 2.57. The first-order valence-corrected chi connectivity index (χ1v) is 7.15. The largest absolute Gasteiger partial charge is 0.352 e. The summed E-state index contributed by atoms with van der Waals surface area (Å²) in [7, 11) is 0. The molecule has 2 aromatic carbocycles. The fourth-order valence-corrected chi connectivity index (χ4v) is 3.40. The van der Waals surface area contributed by atoms with E-state index in [1.807, 2.05) is 48.5 Å².